The molecule has 5 heterocycles. The molecule has 12 rings (SSSR count). The van der Waals surface area contributed by atoms with E-state index in [0.717, 1.165) is 88.4 Å². The lowest BCUT2D eigenvalue weighted by molar-refractivity contribution is 0.669. The zero-order valence-electron chi connectivity index (χ0n) is 30.3. The first-order chi connectivity index (χ1) is 28.2. The molecule has 0 aliphatic carbocycles. The molecule has 0 aliphatic heterocycles. The Bertz CT molecular complexity index is 3500. The molecule has 0 fully saturated rings. The summed E-state index contributed by atoms with van der Waals surface area (Å²) in [5.41, 5.74) is 10.9. The summed E-state index contributed by atoms with van der Waals surface area (Å²) < 4.78 is 15.0. The van der Waals surface area contributed by atoms with Crippen LogP contribution in [0.4, 0.5) is 0 Å². The monoisotopic (exact) mass is 731 g/mol. The van der Waals surface area contributed by atoms with Crippen LogP contribution in [0.5, 0.6) is 0 Å². The molecule has 5 aromatic heterocycles. The molecule has 0 saturated carbocycles. The van der Waals surface area contributed by atoms with Crippen molar-refractivity contribution in [1.29, 1.82) is 0 Å². The highest BCUT2D eigenvalue weighted by atomic mass is 16.3. The normalized spacial score (nSPS) is 11.9. The van der Waals surface area contributed by atoms with Crippen molar-refractivity contribution in [3.05, 3.63) is 176 Å². The van der Waals surface area contributed by atoms with Gasteiger partial charge < -0.3 is 13.4 Å². The highest BCUT2D eigenvalue weighted by Crippen LogP contribution is 2.39. The Morgan fingerprint density at radius 2 is 0.965 bits per heavy atom. The lowest BCUT2D eigenvalue weighted by atomic mass is 10.0. The number of aromatic nitrogens is 5. The number of hydrogen-bond acceptors (Lipinski definition) is 6. The van der Waals surface area contributed by atoms with Gasteiger partial charge in [0.25, 0.3) is 0 Å². The van der Waals surface area contributed by atoms with Gasteiger partial charge in [0.2, 0.25) is 0 Å². The van der Waals surface area contributed by atoms with Crippen LogP contribution in [0.1, 0.15) is 0 Å². The largest absolute Gasteiger partial charge is 0.456 e. The SMILES string of the molecule is c1cc(-c2nc(-c3cccc(-n4c5ccccc5c5ccccc54)c3)nc(-c3cccc4oc5ccccc5c34)n2)cc(-c2cncc3c2oc2ccccc23)c1. The molecule has 0 radical (unpaired) electrons. The summed E-state index contributed by atoms with van der Waals surface area (Å²) in [6.45, 7) is 0. The molecule has 0 N–H and O–H groups in total. The van der Waals surface area contributed by atoms with Crippen LogP contribution < -0.4 is 0 Å². The summed E-state index contributed by atoms with van der Waals surface area (Å²) in [6, 6.07) is 56.0. The maximum absolute atomic E-state index is 6.41. The molecular weight excluding hydrogens is 703 g/mol. The fraction of sp³-hybridized carbons (Fsp3) is 0. The van der Waals surface area contributed by atoms with Crippen molar-refractivity contribution >= 4 is 65.7 Å². The first kappa shape index (κ1) is 31.5. The molecular formula is C50H29N5O2. The Balaban J connectivity index is 1.07. The van der Waals surface area contributed by atoms with E-state index in [0.29, 0.717) is 17.5 Å². The highest BCUT2D eigenvalue weighted by Gasteiger charge is 2.20. The Kier molecular flexibility index (Phi) is 6.79. The van der Waals surface area contributed by atoms with Gasteiger partial charge in [0.05, 0.1) is 11.0 Å². The number of fused-ring (bicyclic) bond motifs is 9. The van der Waals surface area contributed by atoms with Gasteiger partial charge in [0.15, 0.2) is 17.5 Å². The van der Waals surface area contributed by atoms with Crippen LogP contribution in [0.25, 0.3) is 117 Å². The van der Waals surface area contributed by atoms with E-state index in [9.17, 15) is 0 Å². The van der Waals surface area contributed by atoms with Crippen LogP contribution in [0.2, 0.25) is 0 Å². The number of rotatable bonds is 5. The topological polar surface area (TPSA) is 82.8 Å². The van der Waals surface area contributed by atoms with Crippen molar-refractivity contribution in [2.45, 2.75) is 0 Å². The van der Waals surface area contributed by atoms with E-state index in [1.807, 2.05) is 73.1 Å². The summed E-state index contributed by atoms with van der Waals surface area (Å²) in [6.07, 6.45) is 3.73. The van der Waals surface area contributed by atoms with Gasteiger partial charge in [-0.25, -0.2) is 15.0 Å². The Morgan fingerprint density at radius 3 is 1.74 bits per heavy atom. The smallest absolute Gasteiger partial charge is 0.164 e. The summed E-state index contributed by atoms with van der Waals surface area (Å²) in [7, 11) is 0. The molecule has 0 spiro atoms. The predicted molar refractivity (Wildman–Crippen MR) is 228 cm³/mol. The number of pyridine rings is 1. The van der Waals surface area contributed by atoms with E-state index in [1.54, 1.807) is 0 Å². The van der Waals surface area contributed by atoms with Crippen molar-refractivity contribution < 1.29 is 8.83 Å². The summed E-state index contributed by atoms with van der Waals surface area (Å²) >= 11 is 0. The first-order valence-corrected chi connectivity index (χ1v) is 18.9. The van der Waals surface area contributed by atoms with Crippen LogP contribution in [-0.4, -0.2) is 24.5 Å². The maximum Gasteiger partial charge on any atom is 0.164 e. The molecule has 0 bridgehead atoms. The molecule has 0 amide bonds. The Hall–Kier alpha value is -7.90. The van der Waals surface area contributed by atoms with Crippen molar-refractivity contribution in [2.24, 2.45) is 0 Å². The van der Waals surface area contributed by atoms with Crippen LogP contribution in [-0.2, 0) is 0 Å². The average Bonchev–Trinajstić information content (AvgIpc) is 3.96. The van der Waals surface area contributed by atoms with Crippen molar-refractivity contribution in [2.75, 3.05) is 0 Å². The standard InChI is InChI=1S/C50H29N5O2/c1-5-21-41-34(16-1)35-17-2-6-22-42(35)55(41)33-15-10-14-32(27-33)49-52-48(53-50(54-49)38-20-11-25-45-46(38)37-19-4-8-24-44(37)56-45)31-13-9-12-30(26-31)39-28-51-29-40-36-18-3-7-23-43(36)57-47(39)40/h1-29H. The van der Waals surface area contributed by atoms with E-state index in [-0.39, 0.29) is 0 Å². The van der Waals surface area contributed by atoms with E-state index in [1.165, 1.54) is 10.8 Å². The second-order valence-electron chi connectivity index (χ2n) is 14.2. The summed E-state index contributed by atoms with van der Waals surface area (Å²) in [5, 5.41) is 6.39. The minimum absolute atomic E-state index is 0.550. The van der Waals surface area contributed by atoms with Crippen molar-refractivity contribution in [3.63, 3.8) is 0 Å². The summed E-state index contributed by atoms with van der Waals surface area (Å²) in [5.74, 6) is 1.67. The fourth-order valence-electron chi connectivity index (χ4n) is 8.37. The molecule has 0 aliphatic rings. The number of furan rings is 2. The van der Waals surface area contributed by atoms with Gasteiger partial charge >= 0.3 is 0 Å². The zero-order chi connectivity index (χ0) is 37.5. The lowest BCUT2D eigenvalue weighted by Gasteiger charge is -2.12. The second-order valence-corrected chi connectivity index (χ2v) is 14.2. The average molecular weight is 732 g/mol. The lowest BCUT2D eigenvalue weighted by Crippen LogP contribution is -2.01. The van der Waals surface area contributed by atoms with Crippen molar-refractivity contribution in [3.8, 4) is 51.0 Å². The molecule has 7 aromatic carbocycles. The highest BCUT2D eigenvalue weighted by molar-refractivity contribution is 6.12. The van der Waals surface area contributed by atoms with Gasteiger partial charge in [-0.3, -0.25) is 4.98 Å². The van der Waals surface area contributed by atoms with Crippen molar-refractivity contribution in [1.82, 2.24) is 24.5 Å². The van der Waals surface area contributed by atoms with Crippen LogP contribution >= 0.6 is 0 Å². The Labute approximate surface area is 325 Å². The predicted octanol–water partition coefficient (Wildman–Crippen LogP) is 12.8. The minimum atomic E-state index is 0.550. The quantitative estimate of drug-likeness (QED) is 0.175. The van der Waals surface area contributed by atoms with Crippen LogP contribution in [0, 0.1) is 0 Å². The van der Waals surface area contributed by atoms with Gasteiger partial charge in [-0.15, -0.1) is 0 Å². The third kappa shape index (κ3) is 4.92. The van der Waals surface area contributed by atoms with E-state index < -0.39 is 0 Å². The first-order valence-electron chi connectivity index (χ1n) is 18.9. The molecule has 0 atom stereocenters. The third-order valence-corrected chi connectivity index (χ3v) is 10.9. The third-order valence-electron chi connectivity index (χ3n) is 10.9. The zero-order valence-corrected chi connectivity index (χ0v) is 30.3. The number of hydrogen-bond donors (Lipinski definition) is 0. The van der Waals surface area contributed by atoms with Crippen LogP contribution in [0.15, 0.2) is 185 Å². The van der Waals surface area contributed by atoms with Gasteiger partial charge in [0, 0.05) is 72.7 Å². The molecule has 0 saturated heterocycles. The van der Waals surface area contributed by atoms with Gasteiger partial charge in [-0.2, -0.15) is 0 Å². The second kappa shape index (κ2) is 12.3. The van der Waals surface area contributed by atoms with Crippen LogP contribution in [0.3, 0.4) is 0 Å². The van der Waals surface area contributed by atoms with E-state index in [4.69, 9.17) is 23.8 Å². The minimum Gasteiger partial charge on any atom is -0.456 e. The fourth-order valence-corrected chi connectivity index (χ4v) is 8.37. The molecule has 12 aromatic rings. The molecule has 57 heavy (non-hydrogen) atoms. The van der Waals surface area contributed by atoms with Gasteiger partial charge in [-0.05, 0) is 54.1 Å². The molecule has 7 heteroatoms. The number of para-hydroxylation sites is 4. The number of benzene rings is 7. The molecule has 0 unspecified atom stereocenters. The maximum atomic E-state index is 6.41. The Morgan fingerprint density at radius 1 is 0.386 bits per heavy atom. The molecule has 7 nitrogen and oxygen atoms in total. The van der Waals surface area contributed by atoms with Gasteiger partial charge in [0.1, 0.15) is 22.3 Å². The van der Waals surface area contributed by atoms with E-state index >= 15 is 0 Å². The number of nitrogens with zero attached hydrogens (tertiary/aromatic N) is 5. The molecule has 266 valence electrons. The van der Waals surface area contributed by atoms with Gasteiger partial charge in [-0.1, -0.05) is 115 Å². The van der Waals surface area contributed by atoms with E-state index in [2.05, 4.69) is 113 Å². The summed E-state index contributed by atoms with van der Waals surface area (Å²) in [4.78, 5) is 20.3.